The fourth-order valence-corrected chi connectivity index (χ4v) is 3.89. The normalized spacial score (nSPS) is 13.9. The number of methoxy groups -OCH3 is 1. The molecule has 0 aliphatic rings. The van der Waals surface area contributed by atoms with Crippen LogP contribution in [0.5, 0.6) is 0 Å². The van der Waals surface area contributed by atoms with Gasteiger partial charge >= 0.3 is 0 Å². The first-order valence-electron chi connectivity index (χ1n) is 9.25. The summed E-state index contributed by atoms with van der Waals surface area (Å²) >= 11 is 0. The number of ether oxygens (including phenoxy) is 1. The molecule has 1 atom stereocenters. The monoisotopic (exact) mass is 404 g/mol. The van der Waals surface area contributed by atoms with E-state index in [0.29, 0.717) is 12.1 Å². The van der Waals surface area contributed by atoms with E-state index in [-0.39, 0.29) is 23.3 Å². The van der Waals surface area contributed by atoms with Crippen molar-refractivity contribution in [2.24, 2.45) is 5.92 Å². The molecule has 0 radical (unpaired) electrons. The average Bonchev–Trinajstić information content (AvgIpc) is 2.70. The van der Waals surface area contributed by atoms with Gasteiger partial charge in [-0.1, -0.05) is 51.1 Å². The smallest absolute Gasteiger partial charge is 0.240 e. The molecule has 1 unspecified atom stereocenters. The van der Waals surface area contributed by atoms with Crippen molar-refractivity contribution in [2.75, 3.05) is 19.0 Å². The third-order valence-corrected chi connectivity index (χ3v) is 6.18. The number of rotatable bonds is 9. The molecule has 0 fully saturated rings. The standard InChI is InChI=1S/C21H28N2O4S/c1-5-21(27-4,17-9-7-6-8-10-17)15-22-28(25,26)19-13-11-18(12-14-19)23-20(24)16(2)3/h6-14,16,22H,5,15H2,1-4H3,(H,23,24). The van der Waals surface area contributed by atoms with Crippen molar-refractivity contribution in [3.05, 3.63) is 60.2 Å². The van der Waals surface area contributed by atoms with Crippen LogP contribution < -0.4 is 10.0 Å². The number of hydrogen-bond acceptors (Lipinski definition) is 4. The van der Waals surface area contributed by atoms with Crippen LogP contribution in [-0.4, -0.2) is 28.0 Å². The van der Waals surface area contributed by atoms with Crippen LogP contribution in [0.15, 0.2) is 59.5 Å². The van der Waals surface area contributed by atoms with Gasteiger partial charge in [-0.3, -0.25) is 4.79 Å². The van der Waals surface area contributed by atoms with Crippen LogP contribution >= 0.6 is 0 Å². The Kier molecular flexibility index (Phi) is 7.35. The van der Waals surface area contributed by atoms with Gasteiger partial charge in [0.2, 0.25) is 15.9 Å². The molecule has 2 rings (SSSR count). The third kappa shape index (κ3) is 5.19. The lowest BCUT2D eigenvalue weighted by atomic mass is 9.91. The van der Waals surface area contributed by atoms with Gasteiger partial charge in [0.1, 0.15) is 5.60 Å². The van der Waals surface area contributed by atoms with Crippen LogP contribution in [0.3, 0.4) is 0 Å². The number of amides is 1. The highest BCUT2D eigenvalue weighted by atomic mass is 32.2. The van der Waals surface area contributed by atoms with E-state index in [4.69, 9.17) is 4.74 Å². The maximum atomic E-state index is 12.7. The van der Waals surface area contributed by atoms with Gasteiger partial charge in [0.25, 0.3) is 0 Å². The van der Waals surface area contributed by atoms with Gasteiger partial charge in [-0.05, 0) is 36.2 Å². The molecule has 0 saturated heterocycles. The Balaban J connectivity index is 2.15. The first-order chi connectivity index (χ1) is 13.2. The van der Waals surface area contributed by atoms with E-state index in [0.717, 1.165) is 5.56 Å². The number of carbonyl (C=O) groups is 1. The zero-order valence-electron chi connectivity index (χ0n) is 16.7. The molecule has 0 saturated carbocycles. The van der Waals surface area contributed by atoms with E-state index in [1.54, 1.807) is 33.1 Å². The molecule has 0 aliphatic heterocycles. The van der Waals surface area contributed by atoms with Crippen LogP contribution in [-0.2, 0) is 25.2 Å². The highest BCUT2D eigenvalue weighted by Gasteiger charge is 2.32. The molecule has 2 aromatic carbocycles. The minimum absolute atomic E-state index is 0.109. The summed E-state index contributed by atoms with van der Waals surface area (Å²) < 4.78 is 33.8. The Hall–Kier alpha value is -2.22. The number of benzene rings is 2. The highest BCUT2D eigenvalue weighted by Crippen LogP contribution is 2.28. The fraction of sp³-hybridized carbons (Fsp3) is 0.381. The number of carbonyl (C=O) groups excluding carboxylic acids is 1. The Morgan fingerprint density at radius 3 is 2.18 bits per heavy atom. The Labute approximate surface area is 167 Å². The number of sulfonamides is 1. The second kappa shape index (κ2) is 9.32. The summed E-state index contributed by atoms with van der Waals surface area (Å²) in [5.41, 5.74) is 0.718. The number of anilines is 1. The quantitative estimate of drug-likeness (QED) is 0.670. The molecule has 7 heteroatoms. The van der Waals surface area contributed by atoms with Gasteiger partial charge in [0, 0.05) is 25.3 Å². The molecular weight excluding hydrogens is 376 g/mol. The van der Waals surface area contributed by atoms with E-state index in [1.165, 1.54) is 12.1 Å². The van der Waals surface area contributed by atoms with Crippen LogP contribution in [0.2, 0.25) is 0 Å². The summed E-state index contributed by atoms with van der Waals surface area (Å²) in [6.07, 6.45) is 0.607. The highest BCUT2D eigenvalue weighted by molar-refractivity contribution is 7.89. The second-order valence-corrected chi connectivity index (χ2v) is 8.68. The van der Waals surface area contributed by atoms with E-state index in [9.17, 15) is 13.2 Å². The first-order valence-corrected chi connectivity index (χ1v) is 10.7. The molecule has 2 aromatic rings. The number of nitrogens with one attached hydrogen (secondary N) is 2. The van der Waals surface area contributed by atoms with E-state index >= 15 is 0 Å². The van der Waals surface area contributed by atoms with E-state index in [2.05, 4.69) is 10.0 Å². The van der Waals surface area contributed by atoms with Crippen LogP contribution in [0.1, 0.15) is 32.8 Å². The maximum absolute atomic E-state index is 12.7. The Morgan fingerprint density at radius 1 is 1.07 bits per heavy atom. The zero-order chi connectivity index (χ0) is 20.8. The predicted molar refractivity (Wildman–Crippen MR) is 111 cm³/mol. The van der Waals surface area contributed by atoms with Crippen molar-refractivity contribution in [3.63, 3.8) is 0 Å². The average molecular weight is 405 g/mol. The van der Waals surface area contributed by atoms with Crippen molar-refractivity contribution in [1.82, 2.24) is 4.72 Å². The van der Waals surface area contributed by atoms with E-state index < -0.39 is 15.6 Å². The van der Waals surface area contributed by atoms with Crippen molar-refractivity contribution >= 4 is 21.6 Å². The lowest BCUT2D eigenvalue weighted by Crippen LogP contribution is -2.41. The maximum Gasteiger partial charge on any atom is 0.240 e. The molecule has 0 spiro atoms. The molecule has 152 valence electrons. The van der Waals surface area contributed by atoms with Crippen molar-refractivity contribution in [1.29, 1.82) is 0 Å². The summed E-state index contributed by atoms with van der Waals surface area (Å²) in [7, 11) is -2.15. The van der Waals surface area contributed by atoms with Crippen LogP contribution in [0, 0.1) is 5.92 Å². The van der Waals surface area contributed by atoms with Crippen LogP contribution in [0.25, 0.3) is 0 Å². The largest absolute Gasteiger partial charge is 0.372 e. The lowest BCUT2D eigenvalue weighted by molar-refractivity contribution is -0.118. The summed E-state index contributed by atoms with van der Waals surface area (Å²) in [5, 5.41) is 2.74. The van der Waals surface area contributed by atoms with Crippen molar-refractivity contribution in [2.45, 2.75) is 37.7 Å². The van der Waals surface area contributed by atoms with Crippen LogP contribution in [0.4, 0.5) is 5.69 Å². The molecular formula is C21H28N2O4S. The van der Waals surface area contributed by atoms with Gasteiger partial charge in [-0.25, -0.2) is 13.1 Å². The molecule has 2 N–H and O–H groups in total. The summed E-state index contributed by atoms with van der Waals surface area (Å²) in [6, 6.07) is 15.7. The van der Waals surface area contributed by atoms with E-state index in [1.807, 2.05) is 37.3 Å². The summed E-state index contributed by atoms with van der Waals surface area (Å²) in [4.78, 5) is 11.9. The van der Waals surface area contributed by atoms with Gasteiger partial charge in [0.15, 0.2) is 0 Å². The Bertz CT molecular complexity index is 874. The second-order valence-electron chi connectivity index (χ2n) is 6.91. The first kappa shape index (κ1) is 22.1. The van der Waals surface area contributed by atoms with Crippen molar-refractivity contribution in [3.8, 4) is 0 Å². The molecule has 1 amide bonds. The molecule has 0 aliphatic carbocycles. The summed E-state index contributed by atoms with van der Waals surface area (Å²) in [5.74, 6) is -0.274. The SMILES string of the molecule is CCC(CNS(=O)(=O)c1ccc(NC(=O)C(C)C)cc1)(OC)c1ccccc1. The lowest BCUT2D eigenvalue weighted by Gasteiger charge is -2.32. The minimum Gasteiger partial charge on any atom is -0.372 e. The van der Waals surface area contributed by atoms with Gasteiger partial charge in [-0.15, -0.1) is 0 Å². The Morgan fingerprint density at radius 2 is 1.68 bits per heavy atom. The molecule has 0 heterocycles. The summed E-state index contributed by atoms with van der Waals surface area (Å²) in [6.45, 7) is 5.65. The number of hydrogen-bond donors (Lipinski definition) is 2. The minimum atomic E-state index is -3.73. The van der Waals surface area contributed by atoms with Crippen molar-refractivity contribution < 1.29 is 17.9 Å². The third-order valence-electron chi connectivity index (χ3n) is 4.77. The molecule has 6 nitrogen and oxygen atoms in total. The zero-order valence-corrected chi connectivity index (χ0v) is 17.5. The topological polar surface area (TPSA) is 84.5 Å². The molecule has 0 aromatic heterocycles. The van der Waals surface area contributed by atoms with Gasteiger partial charge in [0.05, 0.1) is 4.90 Å². The fourth-order valence-electron chi connectivity index (χ4n) is 2.81. The predicted octanol–water partition coefficient (Wildman–Crippen LogP) is 3.51. The van der Waals surface area contributed by atoms with Gasteiger partial charge in [-0.2, -0.15) is 0 Å². The molecule has 0 bridgehead atoms. The molecule has 28 heavy (non-hydrogen) atoms. The van der Waals surface area contributed by atoms with Gasteiger partial charge < -0.3 is 10.1 Å².